The number of aromatic nitrogens is 2. The molecule has 2 N–H and O–H groups in total. The fraction of sp³-hybridized carbons (Fsp3) is 0.233. The highest BCUT2D eigenvalue weighted by molar-refractivity contribution is 7.80. The van der Waals surface area contributed by atoms with E-state index in [-0.39, 0.29) is 23.8 Å². The minimum absolute atomic E-state index is 0.0849. The Hall–Kier alpha value is -4.17. The molecule has 5 rings (SSSR count). The van der Waals surface area contributed by atoms with Crippen LogP contribution in [0.2, 0.25) is 0 Å². The predicted octanol–water partition coefficient (Wildman–Crippen LogP) is 6.15. The van der Waals surface area contributed by atoms with E-state index >= 15 is 0 Å². The van der Waals surface area contributed by atoms with E-state index in [1.165, 1.54) is 0 Å². The van der Waals surface area contributed by atoms with Gasteiger partial charge in [0.25, 0.3) is 0 Å². The van der Waals surface area contributed by atoms with E-state index in [0.717, 1.165) is 39.8 Å². The van der Waals surface area contributed by atoms with Gasteiger partial charge in [-0.05, 0) is 106 Å². The van der Waals surface area contributed by atoms with Crippen LogP contribution in [0.1, 0.15) is 58.9 Å². The van der Waals surface area contributed by atoms with Gasteiger partial charge in [0, 0.05) is 29.0 Å². The average Bonchev–Trinajstić information content (AvgIpc) is 3.39. The first kappa shape index (κ1) is 25.5. The molecule has 0 radical (unpaired) electrons. The summed E-state index contributed by atoms with van der Waals surface area (Å²) < 4.78 is 7.95. The fourth-order valence-corrected chi connectivity index (χ4v) is 5.51. The van der Waals surface area contributed by atoms with Crippen molar-refractivity contribution in [3.8, 4) is 11.4 Å². The van der Waals surface area contributed by atoms with Crippen LogP contribution in [0.5, 0.6) is 5.75 Å². The number of thiocarbonyl (C=S) groups is 1. The molecule has 0 bridgehead atoms. The number of anilines is 1. The molecule has 2 atom stereocenters. The first-order chi connectivity index (χ1) is 18.2. The summed E-state index contributed by atoms with van der Waals surface area (Å²) in [4.78, 5) is 18.4. The minimum atomic E-state index is -0.953. The molecule has 8 heteroatoms. The highest BCUT2D eigenvalue weighted by Crippen LogP contribution is 2.44. The number of aromatic carboxylic acids is 1. The Morgan fingerprint density at radius 2 is 1.79 bits per heavy atom. The summed E-state index contributed by atoms with van der Waals surface area (Å²) in [5, 5.41) is 13.7. The first-order valence-electron chi connectivity index (χ1n) is 12.5. The van der Waals surface area contributed by atoms with Crippen molar-refractivity contribution in [1.29, 1.82) is 0 Å². The molecule has 2 aromatic carbocycles. The molecule has 4 aromatic rings. The zero-order valence-electron chi connectivity index (χ0n) is 21.8. The molecule has 0 spiro atoms. The van der Waals surface area contributed by atoms with Gasteiger partial charge in [0.2, 0.25) is 0 Å². The van der Waals surface area contributed by atoms with Gasteiger partial charge in [0.05, 0.1) is 29.4 Å². The van der Waals surface area contributed by atoms with Crippen molar-refractivity contribution in [3.05, 3.63) is 107 Å². The Kier molecular flexibility index (Phi) is 6.91. The topological polar surface area (TPSA) is 79.6 Å². The van der Waals surface area contributed by atoms with Crippen LogP contribution in [-0.4, -0.2) is 31.8 Å². The number of nitrogens with zero attached hydrogens (tertiary/aromatic N) is 3. The zero-order chi connectivity index (χ0) is 27.0. The molecule has 38 heavy (non-hydrogen) atoms. The molecule has 0 aliphatic carbocycles. The van der Waals surface area contributed by atoms with Crippen molar-refractivity contribution >= 4 is 29.0 Å². The van der Waals surface area contributed by atoms with E-state index in [1.807, 2.05) is 69.3 Å². The Morgan fingerprint density at radius 3 is 2.45 bits per heavy atom. The number of benzene rings is 2. The number of hydrogen-bond acceptors (Lipinski definition) is 4. The average molecular weight is 527 g/mol. The Bertz CT molecular complexity index is 1480. The van der Waals surface area contributed by atoms with Gasteiger partial charge >= 0.3 is 5.97 Å². The molecule has 1 saturated heterocycles. The van der Waals surface area contributed by atoms with Gasteiger partial charge in [0.1, 0.15) is 5.75 Å². The van der Waals surface area contributed by atoms with E-state index < -0.39 is 5.97 Å². The lowest BCUT2D eigenvalue weighted by Gasteiger charge is -2.28. The number of hydrogen-bond donors (Lipinski definition) is 2. The smallest absolute Gasteiger partial charge is 0.335 e. The summed E-state index contributed by atoms with van der Waals surface area (Å²) >= 11 is 5.89. The minimum Gasteiger partial charge on any atom is -0.491 e. The summed E-state index contributed by atoms with van der Waals surface area (Å²) in [6.07, 6.45) is 1.88. The predicted molar refractivity (Wildman–Crippen MR) is 152 cm³/mol. The van der Waals surface area contributed by atoms with Crippen molar-refractivity contribution in [2.75, 3.05) is 4.90 Å². The van der Waals surface area contributed by atoms with Gasteiger partial charge in [-0.15, -0.1) is 0 Å². The molecular weight excluding hydrogens is 496 g/mol. The summed E-state index contributed by atoms with van der Waals surface area (Å²) in [5.74, 6) is -0.151. The second kappa shape index (κ2) is 10.3. The molecule has 0 unspecified atom stereocenters. The molecule has 2 aromatic heterocycles. The lowest BCUT2D eigenvalue weighted by atomic mass is 9.96. The highest BCUT2D eigenvalue weighted by Gasteiger charge is 2.42. The summed E-state index contributed by atoms with van der Waals surface area (Å²) in [6, 6.07) is 22.6. The number of aryl methyl sites for hydroxylation is 1. The van der Waals surface area contributed by atoms with E-state index in [4.69, 9.17) is 17.0 Å². The number of carboxylic acids is 1. The quantitative estimate of drug-likeness (QED) is 0.280. The molecular formula is C30H30N4O3S. The van der Waals surface area contributed by atoms with Gasteiger partial charge < -0.3 is 24.6 Å². The SMILES string of the molecule is Cc1cc([C@@H]2[C@@H](c3ccccn3)NC(=S)N2c2ccc(OC(C)C)cc2)c(C)n1-c1cccc(C(=O)O)c1. The van der Waals surface area contributed by atoms with Crippen molar-refractivity contribution < 1.29 is 14.6 Å². The Labute approximate surface area is 227 Å². The number of nitrogens with one attached hydrogen (secondary N) is 1. The third kappa shape index (κ3) is 4.75. The molecule has 1 fully saturated rings. The fourth-order valence-electron chi connectivity index (χ4n) is 5.17. The molecule has 7 nitrogen and oxygen atoms in total. The molecule has 194 valence electrons. The van der Waals surface area contributed by atoms with E-state index in [0.29, 0.717) is 5.11 Å². The van der Waals surface area contributed by atoms with Crippen LogP contribution in [0.15, 0.2) is 79.0 Å². The van der Waals surface area contributed by atoms with Crippen LogP contribution in [-0.2, 0) is 0 Å². The lowest BCUT2D eigenvalue weighted by Crippen LogP contribution is -2.29. The largest absolute Gasteiger partial charge is 0.491 e. The van der Waals surface area contributed by atoms with E-state index in [2.05, 4.69) is 32.8 Å². The number of pyridine rings is 1. The van der Waals surface area contributed by atoms with Gasteiger partial charge in [-0.25, -0.2) is 4.79 Å². The Balaban J connectivity index is 1.63. The maximum absolute atomic E-state index is 11.6. The van der Waals surface area contributed by atoms with Crippen molar-refractivity contribution in [2.45, 2.75) is 45.9 Å². The Morgan fingerprint density at radius 1 is 1.03 bits per heavy atom. The van der Waals surface area contributed by atoms with Crippen molar-refractivity contribution in [2.24, 2.45) is 0 Å². The van der Waals surface area contributed by atoms with Crippen LogP contribution in [0.25, 0.3) is 5.69 Å². The van der Waals surface area contributed by atoms with Crippen molar-refractivity contribution in [3.63, 3.8) is 0 Å². The number of carbonyl (C=O) groups is 1. The maximum Gasteiger partial charge on any atom is 0.335 e. The molecule has 3 heterocycles. The molecule has 1 aliphatic rings. The van der Waals surface area contributed by atoms with Gasteiger partial charge in [0.15, 0.2) is 5.11 Å². The summed E-state index contributed by atoms with van der Waals surface area (Å²) in [7, 11) is 0. The normalized spacial score (nSPS) is 17.1. The van der Waals surface area contributed by atoms with Gasteiger partial charge in [-0.2, -0.15) is 0 Å². The third-order valence-electron chi connectivity index (χ3n) is 6.73. The van der Waals surface area contributed by atoms with Crippen molar-refractivity contribution in [1.82, 2.24) is 14.9 Å². The second-order valence-corrected chi connectivity index (χ2v) is 10.1. The number of ether oxygens (including phenoxy) is 1. The lowest BCUT2D eigenvalue weighted by molar-refractivity contribution is 0.0697. The van der Waals surface area contributed by atoms with Crippen LogP contribution in [0.4, 0.5) is 5.69 Å². The van der Waals surface area contributed by atoms with Crippen LogP contribution < -0.4 is 15.0 Å². The van der Waals surface area contributed by atoms with Gasteiger partial charge in [-0.1, -0.05) is 12.1 Å². The first-order valence-corrected chi connectivity index (χ1v) is 13.0. The highest BCUT2D eigenvalue weighted by atomic mass is 32.1. The molecule has 0 amide bonds. The number of carboxylic acid groups (broad SMARTS) is 1. The summed E-state index contributed by atoms with van der Waals surface area (Å²) in [6.45, 7) is 8.10. The second-order valence-electron chi connectivity index (χ2n) is 9.67. The van der Waals surface area contributed by atoms with Crippen LogP contribution in [0, 0.1) is 13.8 Å². The third-order valence-corrected chi connectivity index (χ3v) is 7.04. The molecule has 0 saturated carbocycles. The van der Waals surface area contributed by atoms with Crippen LogP contribution >= 0.6 is 12.2 Å². The van der Waals surface area contributed by atoms with Gasteiger partial charge in [-0.3, -0.25) is 4.98 Å². The monoisotopic (exact) mass is 526 g/mol. The molecule has 1 aliphatic heterocycles. The van der Waals surface area contributed by atoms with E-state index in [1.54, 1.807) is 24.4 Å². The van der Waals surface area contributed by atoms with Crippen LogP contribution in [0.3, 0.4) is 0 Å². The van der Waals surface area contributed by atoms with E-state index in [9.17, 15) is 9.90 Å². The number of rotatable bonds is 7. The maximum atomic E-state index is 11.6. The zero-order valence-corrected chi connectivity index (χ0v) is 22.6. The standard InChI is InChI=1S/C30H30N4O3S/c1-18(2)37-24-13-11-22(12-14-24)34-28(27(32-30(34)38)26-10-5-6-15-31-26)25-16-19(3)33(20(25)4)23-9-7-8-21(17-23)29(35)36/h5-18,27-28H,1-4H3,(H,32,38)(H,35,36)/t27-,28-/m1/s1. The summed E-state index contributed by atoms with van der Waals surface area (Å²) in [5.41, 5.74) is 5.96.